The highest BCUT2D eigenvalue weighted by Crippen LogP contribution is 2.36. The molecule has 0 spiro atoms. The maximum absolute atomic E-state index is 12.2. The monoisotopic (exact) mass is 333 g/mol. The van der Waals surface area contributed by atoms with Crippen molar-refractivity contribution in [3.05, 3.63) is 84.9 Å². The number of fused-ring (bicyclic) bond motifs is 2. The Bertz CT molecular complexity index is 972. The van der Waals surface area contributed by atoms with Gasteiger partial charge in [-0.25, -0.2) is 8.51 Å². The molecule has 0 saturated heterocycles. The summed E-state index contributed by atoms with van der Waals surface area (Å²) < 4.78 is 23.7. The lowest BCUT2D eigenvalue weighted by atomic mass is 10.1. The fourth-order valence-corrected chi connectivity index (χ4v) is 3.72. The van der Waals surface area contributed by atoms with Crippen molar-refractivity contribution < 1.29 is 8.76 Å². The molecule has 3 nitrogen and oxygen atoms in total. The van der Waals surface area contributed by atoms with E-state index in [1.165, 1.54) is 4.31 Å². The second-order valence-electron chi connectivity index (χ2n) is 5.52. The molecule has 4 aromatic carbocycles. The summed E-state index contributed by atoms with van der Waals surface area (Å²) in [6, 6.07) is 27.3. The van der Waals surface area contributed by atoms with Crippen LogP contribution in [0.4, 0.5) is 11.4 Å². The molecule has 0 amide bonds. The van der Waals surface area contributed by atoms with Crippen LogP contribution in [0.1, 0.15) is 0 Å². The number of hydrogen-bond donors (Lipinski definition) is 1. The lowest BCUT2D eigenvalue weighted by Gasteiger charge is -2.23. The third kappa shape index (κ3) is 2.46. The molecule has 4 aromatic rings. The van der Waals surface area contributed by atoms with Crippen LogP contribution in [-0.2, 0) is 11.3 Å². The van der Waals surface area contributed by atoms with Gasteiger partial charge in [0.2, 0.25) is 0 Å². The van der Waals surface area contributed by atoms with Crippen molar-refractivity contribution >= 4 is 44.2 Å². The number of anilines is 2. The zero-order valence-electron chi connectivity index (χ0n) is 12.8. The first-order valence-electron chi connectivity index (χ1n) is 7.62. The molecule has 0 bridgehead atoms. The van der Waals surface area contributed by atoms with Crippen molar-refractivity contribution in [2.24, 2.45) is 0 Å². The van der Waals surface area contributed by atoms with Gasteiger partial charge in [0, 0.05) is 10.8 Å². The summed E-state index contributed by atoms with van der Waals surface area (Å²) in [5.74, 6) is 0. The highest BCUT2D eigenvalue weighted by molar-refractivity contribution is 7.81. The molecular formula is C20H15NO2S. The zero-order chi connectivity index (χ0) is 16.5. The van der Waals surface area contributed by atoms with Crippen LogP contribution >= 0.6 is 0 Å². The molecular weight excluding hydrogens is 318 g/mol. The lowest BCUT2D eigenvalue weighted by molar-refractivity contribution is 0.565. The topological polar surface area (TPSA) is 40.5 Å². The van der Waals surface area contributed by atoms with E-state index in [0.29, 0.717) is 11.4 Å². The van der Waals surface area contributed by atoms with Gasteiger partial charge < -0.3 is 0 Å². The first kappa shape index (κ1) is 14.9. The van der Waals surface area contributed by atoms with E-state index in [9.17, 15) is 8.76 Å². The molecule has 0 radical (unpaired) electrons. The van der Waals surface area contributed by atoms with E-state index in [-0.39, 0.29) is 0 Å². The fourth-order valence-electron chi connectivity index (χ4n) is 3.07. The standard InChI is InChI=1S/C20H15NO2S/c22-24(23)21(19-13-5-9-15-7-1-3-11-17(15)19)20-14-6-10-16-8-2-4-12-18(16)20/h1-14H,(H,22,23). The van der Waals surface area contributed by atoms with E-state index < -0.39 is 11.3 Å². The maximum Gasteiger partial charge on any atom is 0.266 e. The van der Waals surface area contributed by atoms with Crippen molar-refractivity contribution in [3.63, 3.8) is 0 Å². The van der Waals surface area contributed by atoms with Crippen molar-refractivity contribution in [2.45, 2.75) is 0 Å². The minimum absolute atomic E-state index is 0.713. The van der Waals surface area contributed by atoms with E-state index in [1.807, 2.05) is 84.9 Å². The largest absolute Gasteiger partial charge is 0.289 e. The third-order valence-corrected chi connectivity index (χ3v) is 4.83. The van der Waals surface area contributed by atoms with E-state index >= 15 is 0 Å². The molecule has 1 N–H and O–H groups in total. The van der Waals surface area contributed by atoms with Crippen LogP contribution in [0.15, 0.2) is 84.9 Å². The van der Waals surface area contributed by atoms with Crippen LogP contribution in [0, 0.1) is 0 Å². The number of hydrogen-bond acceptors (Lipinski definition) is 1. The molecule has 0 saturated carbocycles. The Morgan fingerprint density at radius 2 is 1.04 bits per heavy atom. The number of nitrogens with zero attached hydrogens (tertiary/aromatic N) is 1. The average Bonchev–Trinajstić information content (AvgIpc) is 2.62. The smallest absolute Gasteiger partial charge is 0.266 e. The molecule has 1 atom stereocenters. The van der Waals surface area contributed by atoms with Crippen molar-refractivity contribution in [1.29, 1.82) is 0 Å². The summed E-state index contributed by atoms with van der Waals surface area (Å²) in [6.45, 7) is 0. The minimum Gasteiger partial charge on any atom is -0.289 e. The molecule has 24 heavy (non-hydrogen) atoms. The van der Waals surface area contributed by atoms with Gasteiger partial charge in [0.15, 0.2) is 0 Å². The summed E-state index contributed by atoms with van der Waals surface area (Å²) in [6.07, 6.45) is 0. The molecule has 0 heterocycles. The van der Waals surface area contributed by atoms with Gasteiger partial charge in [0.25, 0.3) is 11.3 Å². The van der Waals surface area contributed by atoms with Gasteiger partial charge in [-0.3, -0.25) is 4.55 Å². The second-order valence-corrected chi connectivity index (χ2v) is 6.35. The predicted molar refractivity (Wildman–Crippen MR) is 101 cm³/mol. The van der Waals surface area contributed by atoms with E-state index in [1.54, 1.807) is 0 Å². The number of rotatable bonds is 3. The maximum atomic E-state index is 12.2. The highest BCUT2D eigenvalue weighted by atomic mass is 32.2. The van der Waals surface area contributed by atoms with Crippen LogP contribution in [-0.4, -0.2) is 8.76 Å². The van der Waals surface area contributed by atoms with Crippen LogP contribution in [0.3, 0.4) is 0 Å². The quantitative estimate of drug-likeness (QED) is 0.519. The SMILES string of the molecule is O=S(O)N(c1cccc2ccccc12)c1cccc2ccccc12. The Morgan fingerprint density at radius 1 is 0.625 bits per heavy atom. The van der Waals surface area contributed by atoms with Crippen LogP contribution in [0.2, 0.25) is 0 Å². The Kier molecular flexibility index (Phi) is 3.76. The van der Waals surface area contributed by atoms with Crippen molar-refractivity contribution in [3.8, 4) is 0 Å². The molecule has 0 aliphatic carbocycles. The van der Waals surface area contributed by atoms with Crippen molar-refractivity contribution in [1.82, 2.24) is 0 Å². The molecule has 1 unspecified atom stereocenters. The van der Waals surface area contributed by atoms with Crippen LogP contribution < -0.4 is 4.31 Å². The molecule has 118 valence electrons. The molecule has 0 aliphatic rings. The van der Waals surface area contributed by atoms with Crippen LogP contribution in [0.25, 0.3) is 21.5 Å². The van der Waals surface area contributed by atoms with Gasteiger partial charge in [-0.2, -0.15) is 0 Å². The Morgan fingerprint density at radius 3 is 1.50 bits per heavy atom. The summed E-state index contributed by atoms with van der Waals surface area (Å²) >= 11 is -2.18. The Labute approximate surface area is 142 Å². The van der Waals surface area contributed by atoms with E-state index in [2.05, 4.69) is 0 Å². The molecule has 0 aliphatic heterocycles. The first-order chi connectivity index (χ1) is 11.8. The van der Waals surface area contributed by atoms with E-state index in [4.69, 9.17) is 0 Å². The van der Waals surface area contributed by atoms with Gasteiger partial charge in [-0.15, -0.1) is 0 Å². The third-order valence-electron chi connectivity index (χ3n) is 4.13. The normalized spacial score (nSPS) is 12.4. The molecule has 0 fully saturated rings. The fraction of sp³-hybridized carbons (Fsp3) is 0. The second kappa shape index (κ2) is 6.07. The van der Waals surface area contributed by atoms with Crippen molar-refractivity contribution in [2.75, 3.05) is 4.31 Å². The Hall–Kier alpha value is -2.69. The number of benzene rings is 4. The van der Waals surface area contributed by atoms with Gasteiger partial charge >= 0.3 is 0 Å². The van der Waals surface area contributed by atoms with Gasteiger partial charge in [0.05, 0.1) is 11.4 Å². The molecule has 0 aromatic heterocycles. The van der Waals surface area contributed by atoms with E-state index in [0.717, 1.165) is 21.5 Å². The average molecular weight is 333 g/mol. The summed E-state index contributed by atoms with van der Waals surface area (Å²) in [5, 5.41) is 3.95. The van der Waals surface area contributed by atoms with Gasteiger partial charge in [0.1, 0.15) is 0 Å². The molecule has 4 rings (SSSR count). The zero-order valence-corrected chi connectivity index (χ0v) is 13.6. The summed E-state index contributed by atoms with van der Waals surface area (Å²) in [7, 11) is 0. The van der Waals surface area contributed by atoms with Gasteiger partial charge in [-0.05, 0) is 22.9 Å². The van der Waals surface area contributed by atoms with Gasteiger partial charge in [-0.1, -0.05) is 72.8 Å². The minimum atomic E-state index is -2.18. The lowest BCUT2D eigenvalue weighted by Crippen LogP contribution is -2.19. The summed E-state index contributed by atoms with van der Waals surface area (Å²) in [4.78, 5) is 0. The molecule has 4 heteroatoms. The Balaban J connectivity index is 2.02. The highest BCUT2D eigenvalue weighted by Gasteiger charge is 2.19. The predicted octanol–water partition coefficient (Wildman–Crippen LogP) is 5.27. The summed E-state index contributed by atoms with van der Waals surface area (Å²) in [5.41, 5.74) is 1.43. The van der Waals surface area contributed by atoms with Crippen LogP contribution in [0.5, 0.6) is 0 Å². The first-order valence-corrected chi connectivity index (χ1v) is 8.69.